The zero-order chi connectivity index (χ0) is 29.6. The number of allylic oxidation sites excluding steroid dienone is 3. The smallest absolute Gasteiger partial charge is 0.304 e. The van der Waals surface area contributed by atoms with Gasteiger partial charge in [-0.3, -0.25) is 14.4 Å². The van der Waals surface area contributed by atoms with Crippen molar-refractivity contribution in [2.45, 2.75) is 130 Å². The molecule has 0 bridgehead atoms. The lowest BCUT2D eigenvalue weighted by Gasteiger charge is -2.54. The Balaban J connectivity index is 1.34. The van der Waals surface area contributed by atoms with E-state index in [1.165, 1.54) is 31.9 Å². The molecule has 4 aliphatic carbocycles. The highest BCUT2D eigenvalue weighted by atomic mass is 16.7. The maximum atomic E-state index is 12.8. The third-order valence-corrected chi connectivity index (χ3v) is 12.0. The summed E-state index contributed by atoms with van der Waals surface area (Å²) < 4.78 is 24.4. The first-order valence-corrected chi connectivity index (χ1v) is 15.6. The molecule has 6 aliphatic rings. The molecule has 2 heterocycles. The summed E-state index contributed by atoms with van der Waals surface area (Å²) in [6, 6.07) is 0. The van der Waals surface area contributed by atoms with Crippen molar-refractivity contribution in [2.24, 2.45) is 34.5 Å². The molecule has 6 rings (SSSR count). The van der Waals surface area contributed by atoms with Gasteiger partial charge in [-0.25, -0.2) is 0 Å². The van der Waals surface area contributed by atoms with Crippen LogP contribution in [0.1, 0.15) is 93.4 Å². The second kappa shape index (κ2) is 9.75. The lowest BCUT2D eigenvalue weighted by molar-refractivity contribution is -0.214. The summed E-state index contributed by atoms with van der Waals surface area (Å²) in [7, 11) is 0. The molecular formula is C33H46O8. The van der Waals surface area contributed by atoms with Crippen molar-refractivity contribution >= 4 is 17.7 Å². The Bertz CT molecular complexity index is 1220. The van der Waals surface area contributed by atoms with Gasteiger partial charge in [0.15, 0.2) is 11.4 Å². The van der Waals surface area contributed by atoms with E-state index < -0.39 is 36.0 Å². The van der Waals surface area contributed by atoms with E-state index in [-0.39, 0.29) is 46.6 Å². The fraction of sp³-hybridized carbons (Fsp3) is 0.788. The van der Waals surface area contributed by atoms with E-state index >= 15 is 0 Å². The molecule has 2 aliphatic heterocycles. The molecule has 8 nitrogen and oxygen atoms in total. The number of ketones is 1. The Labute approximate surface area is 243 Å². The summed E-state index contributed by atoms with van der Waals surface area (Å²) in [6.45, 7) is 12.6. The van der Waals surface area contributed by atoms with E-state index in [2.05, 4.69) is 19.9 Å². The van der Waals surface area contributed by atoms with Gasteiger partial charge in [-0.15, -0.1) is 0 Å². The van der Waals surface area contributed by atoms with Crippen LogP contribution in [0.4, 0.5) is 0 Å². The molecule has 0 aromatic carbocycles. The van der Waals surface area contributed by atoms with Crippen LogP contribution in [-0.4, -0.2) is 59.1 Å². The molecule has 8 heteroatoms. The largest absolute Gasteiger partial charge is 0.463 e. The van der Waals surface area contributed by atoms with Gasteiger partial charge in [0.25, 0.3) is 0 Å². The van der Waals surface area contributed by atoms with Crippen molar-refractivity contribution in [1.29, 1.82) is 0 Å². The second-order valence-corrected chi connectivity index (χ2v) is 14.4. The van der Waals surface area contributed by atoms with E-state index in [0.29, 0.717) is 5.92 Å². The van der Waals surface area contributed by atoms with Crippen molar-refractivity contribution in [3.8, 4) is 0 Å². The molecule has 11 atom stereocenters. The molecule has 2 saturated heterocycles. The first kappa shape index (κ1) is 29.1. The van der Waals surface area contributed by atoms with Crippen molar-refractivity contribution in [3.63, 3.8) is 0 Å². The predicted molar refractivity (Wildman–Crippen MR) is 149 cm³/mol. The van der Waals surface area contributed by atoms with Gasteiger partial charge in [-0.05, 0) is 85.7 Å². The van der Waals surface area contributed by atoms with Crippen molar-refractivity contribution in [3.05, 3.63) is 22.8 Å². The molecule has 0 amide bonds. The van der Waals surface area contributed by atoms with Crippen molar-refractivity contribution in [1.82, 2.24) is 0 Å². The number of ether oxygens (including phenoxy) is 4. The number of carbonyl (C=O) groups excluding carboxylic acids is 3. The van der Waals surface area contributed by atoms with Crippen LogP contribution < -0.4 is 0 Å². The van der Waals surface area contributed by atoms with Crippen LogP contribution in [0, 0.1) is 34.5 Å². The molecule has 41 heavy (non-hydrogen) atoms. The standard InChI is InChI=1S/C33H46O8/c1-16(2)33(37,17(3)34)29-28-26(30(41-29)39-19(5)36)27-25(40-28)15-24-22-9-8-20-14-21(38-18(4)35)10-12-31(20,6)23(22)11-13-32(24,27)7/h15-16,20-21,25-30,37H,8-14H2,1-7H3/t20-,21-,25-,26-,27+,28+,29-,30-,31-,32-,33+/m0/s1. The van der Waals surface area contributed by atoms with Gasteiger partial charge in [0.1, 0.15) is 12.2 Å². The average molecular weight is 571 g/mol. The maximum absolute atomic E-state index is 12.8. The summed E-state index contributed by atoms with van der Waals surface area (Å²) in [4.78, 5) is 36.6. The van der Waals surface area contributed by atoms with E-state index in [1.807, 2.05) is 0 Å². The minimum absolute atomic E-state index is 0.0134. The number of Topliss-reactive ketones (excluding diaryl/α,β-unsaturated/α-hetero) is 1. The maximum Gasteiger partial charge on any atom is 0.304 e. The fourth-order valence-electron chi connectivity index (χ4n) is 9.93. The number of hydrogen-bond acceptors (Lipinski definition) is 8. The Morgan fingerprint density at radius 1 is 1.00 bits per heavy atom. The summed E-state index contributed by atoms with van der Waals surface area (Å²) in [5, 5.41) is 11.6. The Morgan fingerprint density at radius 2 is 1.71 bits per heavy atom. The van der Waals surface area contributed by atoms with Crippen LogP contribution in [0.2, 0.25) is 0 Å². The molecule has 0 radical (unpaired) electrons. The zero-order valence-electron chi connectivity index (χ0n) is 25.5. The normalized spacial score (nSPS) is 44.2. The third kappa shape index (κ3) is 4.14. The van der Waals surface area contributed by atoms with Crippen LogP contribution in [-0.2, 0) is 33.3 Å². The third-order valence-electron chi connectivity index (χ3n) is 12.0. The highest BCUT2D eigenvalue weighted by Gasteiger charge is 2.69. The molecule has 1 saturated carbocycles. The molecule has 0 unspecified atom stereocenters. The molecule has 0 aromatic heterocycles. The number of fused-ring (bicyclic) bond motifs is 8. The van der Waals surface area contributed by atoms with Gasteiger partial charge in [0.05, 0.1) is 18.1 Å². The van der Waals surface area contributed by atoms with Crippen molar-refractivity contribution < 1.29 is 38.4 Å². The molecule has 0 spiro atoms. The topological polar surface area (TPSA) is 108 Å². The lowest BCUT2D eigenvalue weighted by atomic mass is 9.51. The lowest BCUT2D eigenvalue weighted by Crippen LogP contribution is -2.57. The zero-order valence-corrected chi connectivity index (χ0v) is 25.5. The Morgan fingerprint density at radius 3 is 2.34 bits per heavy atom. The van der Waals surface area contributed by atoms with Crippen molar-refractivity contribution in [2.75, 3.05) is 0 Å². The van der Waals surface area contributed by atoms with Gasteiger partial charge in [-0.2, -0.15) is 0 Å². The van der Waals surface area contributed by atoms with Gasteiger partial charge >= 0.3 is 11.9 Å². The second-order valence-electron chi connectivity index (χ2n) is 14.4. The number of aliphatic hydroxyl groups is 1. The Hall–Kier alpha value is -2.03. The highest BCUT2D eigenvalue weighted by molar-refractivity contribution is 5.86. The molecule has 0 aromatic rings. The average Bonchev–Trinajstić information content (AvgIpc) is 3.50. The van der Waals surface area contributed by atoms with E-state index in [9.17, 15) is 19.5 Å². The molecular weight excluding hydrogens is 524 g/mol. The van der Waals surface area contributed by atoms with Crippen LogP contribution >= 0.6 is 0 Å². The first-order chi connectivity index (χ1) is 19.2. The molecule has 1 N–H and O–H groups in total. The van der Waals surface area contributed by atoms with E-state index in [4.69, 9.17) is 18.9 Å². The quantitative estimate of drug-likeness (QED) is 0.469. The monoisotopic (exact) mass is 570 g/mol. The van der Waals surface area contributed by atoms with Crippen LogP contribution in [0.3, 0.4) is 0 Å². The van der Waals surface area contributed by atoms with Gasteiger partial charge in [0, 0.05) is 19.8 Å². The van der Waals surface area contributed by atoms with Crippen LogP contribution in [0.25, 0.3) is 0 Å². The first-order valence-electron chi connectivity index (χ1n) is 15.6. The summed E-state index contributed by atoms with van der Waals surface area (Å²) in [5.41, 5.74) is 2.57. The minimum Gasteiger partial charge on any atom is -0.463 e. The summed E-state index contributed by atoms with van der Waals surface area (Å²) in [5.74, 6) is -1.18. The summed E-state index contributed by atoms with van der Waals surface area (Å²) >= 11 is 0. The Kier molecular flexibility index (Phi) is 6.91. The van der Waals surface area contributed by atoms with Gasteiger partial charge in [0.2, 0.25) is 6.29 Å². The summed E-state index contributed by atoms with van der Waals surface area (Å²) in [6.07, 6.45) is 6.65. The van der Waals surface area contributed by atoms with E-state index in [0.717, 1.165) is 44.9 Å². The highest BCUT2D eigenvalue weighted by Crippen LogP contribution is 2.67. The van der Waals surface area contributed by atoms with Crippen LogP contribution in [0.5, 0.6) is 0 Å². The fourth-order valence-corrected chi connectivity index (χ4v) is 9.93. The number of rotatable bonds is 5. The van der Waals surface area contributed by atoms with Gasteiger partial charge in [-0.1, -0.05) is 39.3 Å². The SMILES string of the molecule is CC(=O)O[C@H]1CC[C@]2(C)C3=C(CC[C@H]2C1)C1=C[C@@H]2O[C@@H]4[C@@H]([C@@H](OC(C)=O)O[C@@H]4[C@](O)(C(C)=O)C(C)C)[C@@H]2[C@@]1(C)CC3. The van der Waals surface area contributed by atoms with Crippen LogP contribution in [0.15, 0.2) is 22.8 Å². The number of esters is 2. The predicted octanol–water partition coefficient (Wildman–Crippen LogP) is 4.82. The van der Waals surface area contributed by atoms with E-state index in [1.54, 1.807) is 19.4 Å². The van der Waals surface area contributed by atoms with Gasteiger partial charge < -0.3 is 24.1 Å². The number of hydrogen-bond donors (Lipinski definition) is 1. The molecule has 226 valence electrons. The minimum atomic E-state index is -1.75. The molecule has 3 fully saturated rings. The number of carbonyl (C=O) groups is 3.